The Hall–Kier alpha value is -2.44. The van der Waals surface area contributed by atoms with Crippen LogP contribution in [-0.4, -0.2) is 64.1 Å². The molecular weight excluding hydrogens is 396 g/mol. The van der Waals surface area contributed by atoms with Gasteiger partial charge in [-0.2, -0.15) is 0 Å². The van der Waals surface area contributed by atoms with Crippen LogP contribution in [0.1, 0.15) is 49.8 Å². The number of likely N-dealkylation sites (N-methyl/N-ethyl adjacent to an activating group) is 1. The van der Waals surface area contributed by atoms with Crippen LogP contribution in [0, 0.1) is 0 Å². The Morgan fingerprint density at radius 1 is 1.06 bits per heavy atom. The van der Waals surface area contributed by atoms with Crippen molar-refractivity contribution in [2.24, 2.45) is 0 Å². The van der Waals surface area contributed by atoms with Crippen molar-refractivity contribution in [3.8, 4) is 0 Å². The third kappa shape index (κ3) is 3.90. The molecule has 1 aliphatic carbocycles. The second-order valence-electron chi connectivity index (χ2n) is 9.23. The first kappa shape index (κ1) is 21.4. The first-order chi connectivity index (χ1) is 15.7. The Kier molecular flexibility index (Phi) is 6.15. The highest BCUT2D eigenvalue weighted by atomic mass is 15.3. The van der Waals surface area contributed by atoms with Crippen molar-refractivity contribution in [2.75, 3.05) is 44.7 Å². The van der Waals surface area contributed by atoms with Crippen molar-refractivity contribution in [2.45, 2.75) is 52.2 Å². The van der Waals surface area contributed by atoms with Gasteiger partial charge in [0, 0.05) is 38.9 Å². The van der Waals surface area contributed by atoms with Crippen molar-refractivity contribution in [3.63, 3.8) is 0 Å². The van der Waals surface area contributed by atoms with Gasteiger partial charge in [-0.05, 0) is 63.5 Å². The first-order valence-electron chi connectivity index (χ1n) is 12.3. The van der Waals surface area contributed by atoms with E-state index < -0.39 is 0 Å². The van der Waals surface area contributed by atoms with Crippen molar-refractivity contribution in [1.29, 1.82) is 0 Å². The maximum Gasteiger partial charge on any atom is 0.124 e. The van der Waals surface area contributed by atoms with Crippen molar-refractivity contribution < 1.29 is 0 Å². The van der Waals surface area contributed by atoms with Crippen LogP contribution in [0.3, 0.4) is 0 Å². The van der Waals surface area contributed by atoms with Crippen LogP contribution in [0.15, 0.2) is 36.5 Å². The van der Waals surface area contributed by atoms with Gasteiger partial charge in [-0.3, -0.25) is 9.88 Å². The lowest BCUT2D eigenvalue weighted by atomic mass is 9.91. The summed E-state index contributed by atoms with van der Waals surface area (Å²) in [6, 6.07) is 11.3. The van der Waals surface area contributed by atoms with Gasteiger partial charge < -0.3 is 14.4 Å². The molecule has 0 N–H and O–H groups in total. The minimum absolute atomic E-state index is 0.382. The number of piperazine rings is 1. The summed E-state index contributed by atoms with van der Waals surface area (Å²) < 4.78 is 2.45. The zero-order chi connectivity index (χ0) is 22.1. The zero-order valence-electron chi connectivity index (χ0n) is 19.8. The molecule has 1 fully saturated rings. The van der Waals surface area contributed by atoms with Crippen LogP contribution >= 0.6 is 0 Å². The predicted octanol–water partition coefficient (Wildman–Crippen LogP) is 4.10. The van der Waals surface area contributed by atoms with Gasteiger partial charge in [0.2, 0.25) is 0 Å². The number of pyridine rings is 1. The van der Waals surface area contributed by atoms with Gasteiger partial charge in [0.25, 0.3) is 0 Å². The number of para-hydroxylation sites is 1. The van der Waals surface area contributed by atoms with E-state index in [-0.39, 0.29) is 0 Å². The minimum Gasteiger partial charge on any atom is -0.367 e. The van der Waals surface area contributed by atoms with E-state index in [4.69, 9.17) is 9.97 Å². The van der Waals surface area contributed by atoms with Crippen molar-refractivity contribution in [1.82, 2.24) is 24.3 Å². The Labute approximate surface area is 191 Å². The highest BCUT2D eigenvalue weighted by Crippen LogP contribution is 2.35. The molecule has 3 aromatic rings. The van der Waals surface area contributed by atoms with Crippen LogP contribution in [-0.2, 0) is 19.5 Å². The summed E-state index contributed by atoms with van der Waals surface area (Å²) in [5.74, 6) is 1.17. The van der Waals surface area contributed by atoms with Gasteiger partial charge >= 0.3 is 0 Å². The molecule has 6 heteroatoms. The Bertz CT molecular complexity index is 1070. The summed E-state index contributed by atoms with van der Waals surface area (Å²) in [6.45, 7) is 11.7. The fraction of sp³-hybridized carbons (Fsp3) is 0.538. The SMILES string of the molecule is CCN(Cc1nc2cccc(N3CCN(C)CC3)c2n1CC)C1CCCc2cccnc21. The second kappa shape index (κ2) is 9.20. The molecule has 1 saturated heterocycles. The molecule has 5 rings (SSSR count). The standard InChI is InChI=1S/C26H36N6/c1-4-30(22-12-6-9-20-10-8-14-27-25(20)22)19-24-28-21-11-7-13-23(26(21)32(24)5-2)31-17-15-29(3)16-18-31/h7-8,10-11,13-14,22H,4-6,9,12,15-19H2,1-3H3. The van der Waals surface area contributed by atoms with Crippen LogP contribution in [0.4, 0.5) is 5.69 Å². The second-order valence-corrected chi connectivity index (χ2v) is 9.23. The van der Waals surface area contributed by atoms with E-state index >= 15 is 0 Å². The highest BCUT2D eigenvalue weighted by molar-refractivity contribution is 5.89. The molecule has 2 aromatic heterocycles. The topological polar surface area (TPSA) is 40.4 Å². The minimum atomic E-state index is 0.382. The van der Waals surface area contributed by atoms with E-state index in [0.29, 0.717) is 6.04 Å². The van der Waals surface area contributed by atoms with E-state index in [1.165, 1.54) is 41.1 Å². The van der Waals surface area contributed by atoms with E-state index in [0.717, 1.165) is 57.8 Å². The molecule has 1 atom stereocenters. The normalized spacial score (nSPS) is 19.6. The van der Waals surface area contributed by atoms with Crippen LogP contribution < -0.4 is 4.90 Å². The Morgan fingerprint density at radius 2 is 1.91 bits per heavy atom. The largest absolute Gasteiger partial charge is 0.367 e. The lowest BCUT2D eigenvalue weighted by molar-refractivity contribution is 0.169. The lowest BCUT2D eigenvalue weighted by Crippen LogP contribution is -2.44. The number of nitrogens with zero attached hydrogens (tertiary/aromatic N) is 6. The number of rotatable bonds is 6. The smallest absolute Gasteiger partial charge is 0.124 e. The molecule has 0 radical (unpaired) electrons. The molecule has 3 heterocycles. The molecule has 2 aliphatic rings. The van der Waals surface area contributed by atoms with Crippen LogP contribution in [0.2, 0.25) is 0 Å². The maximum atomic E-state index is 5.16. The Morgan fingerprint density at radius 3 is 2.69 bits per heavy atom. The summed E-state index contributed by atoms with van der Waals surface area (Å²) in [6.07, 6.45) is 5.52. The van der Waals surface area contributed by atoms with E-state index in [9.17, 15) is 0 Å². The van der Waals surface area contributed by atoms with E-state index in [2.05, 4.69) is 70.5 Å². The van der Waals surface area contributed by atoms with Crippen LogP contribution in [0.5, 0.6) is 0 Å². The average molecular weight is 433 g/mol. The predicted molar refractivity (Wildman–Crippen MR) is 131 cm³/mol. The molecule has 170 valence electrons. The molecule has 6 nitrogen and oxygen atoms in total. The maximum absolute atomic E-state index is 5.16. The first-order valence-corrected chi connectivity index (χ1v) is 12.3. The van der Waals surface area contributed by atoms with Gasteiger partial charge in [-0.1, -0.05) is 19.1 Å². The number of hydrogen-bond donors (Lipinski definition) is 0. The summed E-state index contributed by atoms with van der Waals surface area (Å²) in [4.78, 5) is 17.5. The monoisotopic (exact) mass is 432 g/mol. The number of benzene rings is 1. The van der Waals surface area contributed by atoms with Gasteiger partial charge in [-0.25, -0.2) is 4.98 Å². The summed E-state index contributed by atoms with van der Waals surface area (Å²) in [7, 11) is 2.21. The number of hydrogen-bond acceptors (Lipinski definition) is 5. The number of aromatic nitrogens is 3. The lowest BCUT2D eigenvalue weighted by Gasteiger charge is -2.35. The summed E-state index contributed by atoms with van der Waals surface area (Å²) >= 11 is 0. The van der Waals surface area contributed by atoms with Gasteiger partial charge in [0.05, 0.1) is 35.0 Å². The van der Waals surface area contributed by atoms with E-state index in [1.807, 2.05) is 6.20 Å². The van der Waals surface area contributed by atoms with E-state index in [1.54, 1.807) is 0 Å². The molecule has 1 aliphatic heterocycles. The molecule has 0 saturated carbocycles. The quantitative estimate of drug-likeness (QED) is 0.586. The summed E-state index contributed by atoms with van der Waals surface area (Å²) in [5.41, 5.74) is 6.45. The fourth-order valence-electron chi connectivity index (χ4n) is 5.54. The average Bonchev–Trinajstić information content (AvgIpc) is 3.20. The summed E-state index contributed by atoms with van der Waals surface area (Å²) in [5, 5.41) is 0. The zero-order valence-corrected chi connectivity index (χ0v) is 19.8. The molecule has 0 bridgehead atoms. The number of anilines is 1. The highest BCUT2D eigenvalue weighted by Gasteiger charge is 2.28. The van der Waals surface area contributed by atoms with Crippen LogP contribution in [0.25, 0.3) is 11.0 Å². The molecule has 0 spiro atoms. The third-order valence-electron chi connectivity index (χ3n) is 7.34. The van der Waals surface area contributed by atoms with Gasteiger partial charge in [0.1, 0.15) is 5.82 Å². The number of aryl methyl sites for hydroxylation is 2. The Balaban J connectivity index is 1.49. The third-order valence-corrected chi connectivity index (χ3v) is 7.34. The fourth-order valence-corrected chi connectivity index (χ4v) is 5.54. The number of fused-ring (bicyclic) bond motifs is 2. The van der Waals surface area contributed by atoms with Gasteiger partial charge in [0.15, 0.2) is 0 Å². The van der Waals surface area contributed by atoms with Crippen molar-refractivity contribution in [3.05, 3.63) is 53.6 Å². The molecule has 1 unspecified atom stereocenters. The molecular formula is C26H36N6. The molecule has 32 heavy (non-hydrogen) atoms. The number of imidazole rings is 1. The molecule has 0 amide bonds. The van der Waals surface area contributed by atoms with Crippen molar-refractivity contribution >= 4 is 16.7 Å². The van der Waals surface area contributed by atoms with Gasteiger partial charge in [-0.15, -0.1) is 0 Å². The molecule has 1 aromatic carbocycles.